The van der Waals surface area contributed by atoms with Crippen molar-refractivity contribution in [2.45, 2.75) is 0 Å². The zero-order valence-electron chi connectivity index (χ0n) is 6.38. The maximum absolute atomic E-state index is 10.7. The monoisotopic (exact) mass is 366 g/mol. The first-order valence-electron chi connectivity index (χ1n) is 3.55. The van der Waals surface area contributed by atoms with E-state index < -0.39 is 0 Å². The standard InChI is InChI=1S/C9H4BrIOS/c10-8-3-6-7(11)2-1-5(4-12)9(6)13-8/h1-4H. The van der Waals surface area contributed by atoms with Gasteiger partial charge in [0.05, 0.1) is 3.79 Å². The molecular formula is C9H4BrIOS. The highest BCUT2D eigenvalue weighted by atomic mass is 127. The molecule has 0 N–H and O–H groups in total. The molecule has 0 spiro atoms. The SMILES string of the molecule is O=Cc1ccc(I)c2cc(Br)sc12. The number of halogens is 2. The van der Waals surface area contributed by atoms with Crippen LogP contribution in [0.25, 0.3) is 10.1 Å². The molecule has 2 rings (SSSR count). The van der Waals surface area contributed by atoms with Crippen LogP contribution in [-0.2, 0) is 0 Å². The lowest BCUT2D eigenvalue weighted by Gasteiger charge is -1.95. The third kappa shape index (κ3) is 1.67. The summed E-state index contributed by atoms with van der Waals surface area (Å²) in [5, 5.41) is 1.15. The van der Waals surface area contributed by atoms with Crippen LogP contribution >= 0.6 is 49.9 Å². The first-order valence-corrected chi connectivity index (χ1v) is 6.24. The quantitative estimate of drug-likeness (QED) is 0.549. The molecule has 0 aliphatic carbocycles. The average Bonchev–Trinajstić information content (AvgIpc) is 2.48. The van der Waals surface area contributed by atoms with Gasteiger partial charge in [-0.25, -0.2) is 0 Å². The van der Waals surface area contributed by atoms with Crippen molar-refractivity contribution >= 4 is 66.2 Å². The van der Waals surface area contributed by atoms with Gasteiger partial charge in [0.1, 0.15) is 0 Å². The van der Waals surface area contributed by atoms with Crippen molar-refractivity contribution in [3.05, 3.63) is 31.1 Å². The van der Waals surface area contributed by atoms with Crippen molar-refractivity contribution in [3.8, 4) is 0 Å². The fourth-order valence-corrected chi connectivity index (χ4v) is 3.56. The van der Waals surface area contributed by atoms with E-state index in [0.29, 0.717) is 0 Å². The van der Waals surface area contributed by atoms with E-state index >= 15 is 0 Å². The summed E-state index contributed by atoms with van der Waals surface area (Å²) in [6.07, 6.45) is 0.904. The summed E-state index contributed by atoms with van der Waals surface area (Å²) < 4.78 is 3.31. The predicted molar refractivity (Wildman–Crippen MR) is 67.6 cm³/mol. The largest absolute Gasteiger partial charge is 0.298 e. The molecule has 0 radical (unpaired) electrons. The highest BCUT2D eigenvalue weighted by Gasteiger charge is 2.07. The number of fused-ring (bicyclic) bond motifs is 1. The molecule has 2 aromatic rings. The van der Waals surface area contributed by atoms with Crippen LogP contribution in [0.1, 0.15) is 10.4 Å². The molecule has 0 unspecified atom stereocenters. The zero-order valence-corrected chi connectivity index (χ0v) is 10.9. The van der Waals surface area contributed by atoms with Crippen molar-refractivity contribution in [3.63, 3.8) is 0 Å². The number of hydrogen-bond acceptors (Lipinski definition) is 2. The van der Waals surface area contributed by atoms with Crippen LogP contribution in [0.3, 0.4) is 0 Å². The van der Waals surface area contributed by atoms with Gasteiger partial charge < -0.3 is 0 Å². The fraction of sp³-hybridized carbons (Fsp3) is 0. The second kappa shape index (κ2) is 3.67. The van der Waals surface area contributed by atoms with Crippen molar-refractivity contribution in [1.82, 2.24) is 0 Å². The fourth-order valence-electron chi connectivity index (χ4n) is 1.17. The maximum atomic E-state index is 10.7. The lowest BCUT2D eigenvalue weighted by atomic mass is 10.2. The molecule has 4 heteroatoms. The van der Waals surface area contributed by atoms with Crippen LogP contribution in [0.5, 0.6) is 0 Å². The molecule has 0 aliphatic rings. The smallest absolute Gasteiger partial charge is 0.151 e. The number of carbonyl (C=O) groups excluding carboxylic acids is 1. The summed E-state index contributed by atoms with van der Waals surface area (Å²) in [4.78, 5) is 10.7. The van der Waals surface area contributed by atoms with E-state index in [1.54, 1.807) is 11.3 Å². The van der Waals surface area contributed by atoms with E-state index in [1.807, 2.05) is 12.1 Å². The summed E-state index contributed by atoms with van der Waals surface area (Å²) >= 11 is 7.29. The first kappa shape index (κ1) is 9.61. The molecule has 1 aromatic heterocycles. The van der Waals surface area contributed by atoms with Crippen LogP contribution in [0.15, 0.2) is 22.0 Å². The average molecular weight is 367 g/mol. The van der Waals surface area contributed by atoms with Gasteiger partial charge in [-0.15, -0.1) is 11.3 Å². The number of carbonyl (C=O) groups is 1. The minimum absolute atomic E-state index is 0.770. The van der Waals surface area contributed by atoms with Crippen molar-refractivity contribution in [2.24, 2.45) is 0 Å². The second-order valence-corrected chi connectivity index (χ2v) is 6.14. The molecule has 0 saturated heterocycles. The molecule has 66 valence electrons. The Hall–Kier alpha value is 0.0600. The third-order valence-corrected chi connectivity index (χ3v) is 4.39. The Kier molecular flexibility index (Phi) is 2.71. The Balaban J connectivity index is 2.91. The van der Waals surface area contributed by atoms with E-state index in [9.17, 15) is 4.79 Å². The van der Waals surface area contributed by atoms with E-state index in [-0.39, 0.29) is 0 Å². The van der Waals surface area contributed by atoms with E-state index in [1.165, 1.54) is 3.57 Å². The first-order chi connectivity index (χ1) is 6.22. The third-order valence-electron chi connectivity index (χ3n) is 1.76. The van der Waals surface area contributed by atoms with Crippen molar-refractivity contribution < 1.29 is 4.79 Å². The Labute approximate surface area is 101 Å². The van der Waals surface area contributed by atoms with Crippen LogP contribution in [0.2, 0.25) is 0 Å². The molecule has 13 heavy (non-hydrogen) atoms. The minimum Gasteiger partial charge on any atom is -0.298 e. The van der Waals surface area contributed by atoms with E-state index in [0.717, 1.165) is 25.7 Å². The van der Waals surface area contributed by atoms with Crippen LogP contribution in [-0.4, -0.2) is 6.29 Å². The second-order valence-electron chi connectivity index (χ2n) is 2.55. The van der Waals surface area contributed by atoms with Crippen LogP contribution in [0.4, 0.5) is 0 Å². The minimum atomic E-state index is 0.770. The number of hydrogen-bond donors (Lipinski definition) is 0. The van der Waals surface area contributed by atoms with Crippen molar-refractivity contribution in [2.75, 3.05) is 0 Å². The van der Waals surface area contributed by atoms with Crippen LogP contribution in [0, 0.1) is 3.57 Å². The summed E-state index contributed by atoms with van der Waals surface area (Å²) in [6, 6.07) is 5.88. The maximum Gasteiger partial charge on any atom is 0.151 e. The Morgan fingerprint density at radius 1 is 1.46 bits per heavy atom. The van der Waals surface area contributed by atoms with Gasteiger partial charge in [-0.3, -0.25) is 4.79 Å². The topological polar surface area (TPSA) is 17.1 Å². The Bertz CT molecular complexity index is 478. The predicted octanol–water partition coefficient (Wildman–Crippen LogP) is 4.08. The molecule has 0 fully saturated rings. The van der Waals surface area contributed by atoms with Gasteiger partial charge in [-0.2, -0.15) is 0 Å². The highest BCUT2D eigenvalue weighted by Crippen LogP contribution is 2.34. The Morgan fingerprint density at radius 3 is 2.92 bits per heavy atom. The van der Waals surface area contributed by atoms with Crippen molar-refractivity contribution in [1.29, 1.82) is 0 Å². The van der Waals surface area contributed by atoms with Crippen LogP contribution < -0.4 is 0 Å². The molecule has 0 atom stereocenters. The van der Waals surface area contributed by atoms with E-state index in [2.05, 4.69) is 44.6 Å². The zero-order chi connectivity index (χ0) is 9.42. The summed E-state index contributed by atoms with van der Waals surface area (Å²) in [7, 11) is 0. The molecule has 0 amide bonds. The van der Waals surface area contributed by atoms with Gasteiger partial charge in [0.25, 0.3) is 0 Å². The van der Waals surface area contributed by atoms with Gasteiger partial charge in [0.2, 0.25) is 0 Å². The summed E-state index contributed by atoms with van der Waals surface area (Å²) in [5.74, 6) is 0. The molecule has 0 aliphatic heterocycles. The van der Waals surface area contributed by atoms with Gasteiger partial charge in [0.15, 0.2) is 6.29 Å². The normalized spacial score (nSPS) is 10.6. The lowest BCUT2D eigenvalue weighted by Crippen LogP contribution is -1.80. The summed E-state index contributed by atoms with van der Waals surface area (Å²) in [6.45, 7) is 0. The summed E-state index contributed by atoms with van der Waals surface area (Å²) in [5.41, 5.74) is 0.770. The Morgan fingerprint density at radius 2 is 2.23 bits per heavy atom. The number of thiophene rings is 1. The van der Waals surface area contributed by atoms with E-state index in [4.69, 9.17) is 0 Å². The highest BCUT2D eigenvalue weighted by molar-refractivity contribution is 14.1. The molecule has 0 bridgehead atoms. The number of benzene rings is 1. The number of aldehydes is 1. The van der Waals surface area contributed by atoms with Gasteiger partial charge in [-0.05, 0) is 56.7 Å². The molecule has 1 aromatic carbocycles. The molecule has 0 saturated carbocycles. The molecular weight excluding hydrogens is 363 g/mol. The molecule has 1 heterocycles. The van der Waals surface area contributed by atoms with Gasteiger partial charge in [0, 0.05) is 19.2 Å². The van der Waals surface area contributed by atoms with Gasteiger partial charge in [-0.1, -0.05) is 0 Å². The molecule has 1 nitrogen and oxygen atoms in total. The van der Waals surface area contributed by atoms with Gasteiger partial charge >= 0.3 is 0 Å². The number of rotatable bonds is 1. The lowest BCUT2D eigenvalue weighted by molar-refractivity contribution is 0.112.